The number of carboxylic acids is 1. The van der Waals surface area contributed by atoms with Crippen molar-refractivity contribution in [3.63, 3.8) is 0 Å². The molecule has 1 heterocycles. The van der Waals surface area contributed by atoms with Crippen molar-refractivity contribution < 1.29 is 9.90 Å². The highest BCUT2D eigenvalue weighted by Gasteiger charge is 2.39. The Bertz CT molecular complexity index is 425. The van der Waals surface area contributed by atoms with Crippen LogP contribution in [0.5, 0.6) is 0 Å². The molecule has 1 aromatic rings. The van der Waals surface area contributed by atoms with Crippen LogP contribution in [0.4, 0.5) is 0 Å². The first-order chi connectivity index (χ1) is 7.26. The number of aliphatic imine (C=N–C) groups is 1. The first-order valence-corrected chi connectivity index (χ1v) is 4.53. The van der Waals surface area contributed by atoms with Crippen molar-refractivity contribution in [2.45, 2.75) is 5.66 Å². The van der Waals surface area contributed by atoms with Crippen molar-refractivity contribution in [3.05, 3.63) is 48.2 Å². The molecule has 76 valence electrons. The average molecular weight is 202 g/mol. The van der Waals surface area contributed by atoms with Gasteiger partial charge in [0.2, 0.25) is 0 Å². The maximum absolute atomic E-state index is 11.3. The van der Waals surface area contributed by atoms with E-state index < -0.39 is 11.6 Å². The van der Waals surface area contributed by atoms with Crippen LogP contribution < -0.4 is 5.32 Å². The van der Waals surface area contributed by atoms with Crippen LogP contribution >= 0.6 is 0 Å². The molecule has 1 unspecified atom stereocenters. The number of aliphatic carboxylic acids is 1. The van der Waals surface area contributed by atoms with Crippen LogP contribution in [0.15, 0.2) is 47.6 Å². The van der Waals surface area contributed by atoms with Gasteiger partial charge in [0.1, 0.15) is 0 Å². The van der Waals surface area contributed by atoms with Gasteiger partial charge in [-0.25, -0.2) is 9.79 Å². The summed E-state index contributed by atoms with van der Waals surface area (Å²) in [5.41, 5.74) is -0.770. The van der Waals surface area contributed by atoms with Crippen LogP contribution in [0.25, 0.3) is 0 Å². The van der Waals surface area contributed by atoms with Crippen LogP contribution in [0.3, 0.4) is 0 Å². The molecule has 0 saturated heterocycles. The van der Waals surface area contributed by atoms with Crippen LogP contribution in [-0.2, 0) is 10.5 Å². The molecule has 2 rings (SSSR count). The van der Waals surface area contributed by atoms with Crippen molar-refractivity contribution in [1.82, 2.24) is 5.32 Å². The normalized spacial score (nSPS) is 23.5. The van der Waals surface area contributed by atoms with E-state index in [0.717, 1.165) is 0 Å². The number of hydrogen-bond donors (Lipinski definition) is 2. The van der Waals surface area contributed by atoms with Gasteiger partial charge in [-0.05, 0) is 6.08 Å². The molecule has 0 aliphatic carbocycles. The Kier molecular flexibility index (Phi) is 2.25. The van der Waals surface area contributed by atoms with Crippen LogP contribution in [0, 0.1) is 0 Å². The van der Waals surface area contributed by atoms with Gasteiger partial charge in [-0.15, -0.1) is 0 Å². The third-order valence-corrected chi connectivity index (χ3v) is 2.24. The molecule has 1 aliphatic heterocycles. The van der Waals surface area contributed by atoms with Gasteiger partial charge in [0, 0.05) is 18.0 Å². The fourth-order valence-electron chi connectivity index (χ4n) is 1.48. The molecule has 0 aromatic heterocycles. The number of carbonyl (C=O) groups is 1. The van der Waals surface area contributed by atoms with E-state index in [1.54, 1.807) is 36.5 Å². The van der Waals surface area contributed by atoms with Crippen LogP contribution in [-0.4, -0.2) is 17.3 Å². The summed E-state index contributed by atoms with van der Waals surface area (Å²) < 4.78 is 0. The summed E-state index contributed by atoms with van der Waals surface area (Å²) in [5.74, 6) is -1.02. The summed E-state index contributed by atoms with van der Waals surface area (Å²) in [4.78, 5) is 15.3. The largest absolute Gasteiger partial charge is 0.478 e. The van der Waals surface area contributed by atoms with Crippen LogP contribution in [0.1, 0.15) is 5.56 Å². The summed E-state index contributed by atoms with van der Waals surface area (Å²) >= 11 is 0. The van der Waals surface area contributed by atoms with Gasteiger partial charge in [-0.3, -0.25) is 0 Å². The van der Waals surface area contributed by atoms with Crippen LogP contribution in [0.2, 0.25) is 0 Å². The van der Waals surface area contributed by atoms with Gasteiger partial charge in [-0.2, -0.15) is 0 Å². The fraction of sp³-hybridized carbons (Fsp3) is 0.0909. The summed E-state index contributed by atoms with van der Waals surface area (Å²) in [6.07, 6.45) is 4.72. The lowest BCUT2D eigenvalue weighted by atomic mass is 9.99. The van der Waals surface area contributed by atoms with Gasteiger partial charge >= 0.3 is 5.97 Å². The maximum Gasteiger partial charge on any atom is 0.357 e. The number of hydrogen-bond acceptors (Lipinski definition) is 3. The van der Waals surface area contributed by atoms with E-state index in [1.165, 1.54) is 6.21 Å². The molecule has 1 aromatic carbocycles. The van der Waals surface area contributed by atoms with E-state index in [4.69, 9.17) is 0 Å². The highest BCUT2D eigenvalue weighted by atomic mass is 16.4. The summed E-state index contributed by atoms with van der Waals surface area (Å²) in [5, 5.41) is 12.0. The van der Waals surface area contributed by atoms with Gasteiger partial charge in [0.05, 0.1) is 0 Å². The van der Waals surface area contributed by atoms with E-state index in [0.29, 0.717) is 5.56 Å². The molecule has 0 radical (unpaired) electrons. The van der Waals surface area contributed by atoms with Crippen molar-refractivity contribution in [2.24, 2.45) is 4.99 Å². The Hall–Kier alpha value is -2.10. The molecular formula is C11H10N2O2. The molecule has 0 bridgehead atoms. The molecule has 1 aliphatic rings. The Morgan fingerprint density at radius 3 is 2.60 bits per heavy atom. The highest BCUT2D eigenvalue weighted by Crippen LogP contribution is 2.24. The van der Waals surface area contributed by atoms with Gasteiger partial charge in [-0.1, -0.05) is 30.3 Å². The van der Waals surface area contributed by atoms with E-state index in [2.05, 4.69) is 10.3 Å². The highest BCUT2D eigenvalue weighted by molar-refractivity contribution is 5.85. The maximum atomic E-state index is 11.3. The molecule has 15 heavy (non-hydrogen) atoms. The zero-order valence-corrected chi connectivity index (χ0v) is 7.92. The number of nitrogens with zero attached hydrogens (tertiary/aromatic N) is 1. The Balaban J connectivity index is 2.49. The third kappa shape index (κ3) is 1.50. The lowest BCUT2D eigenvalue weighted by Crippen LogP contribution is -2.46. The number of rotatable bonds is 2. The van der Waals surface area contributed by atoms with Gasteiger partial charge in [0.25, 0.3) is 5.66 Å². The van der Waals surface area contributed by atoms with Gasteiger partial charge in [0.15, 0.2) is 0 Å². The van der Waals surface area contributed by atoms with Crippen molar-refractivity contribution in [1.29, 1.82) is 0 Å². The molecule has 0 spiro atoms. The monoisotopic (exact) mass is 202 g/mol. The zero-order valence-electron chi connectivity index (χ0n) is 7.92. The molecule has 4 nitrogen and oxygen atoms in total. The zero-order chi connectivity index (χ0) is 10.7. The molecule has 1 atom stereocenters. The standard InChI is InChI=1S/C11H10N2O2/c14-10(15)11(12-7-4-8-13-11)9-5-2-1-3-6-9/h1-8,12H,(H,14,15). The molecule has 0 amide bonds. The number of allylic oxidation sites excluding steroid dienone is 1. The SMILES string of the molecule is O=C(O)C1(c2ccccc2)N=CC=CN1. The molecular weight excluding hydrogens is 192 g/mol. The summed E-state index contributed by atoms with van der Waals surface area (Å²) in [6, 6.07) is 8.88. The summed E-state index contributed by atoms with van der Waals surface area (Å²) in [6.45, 7) is 0. The lowest BCUT2D eigenvalue weighted by molar-refractivity contribution is -0.144. The first kappa shape index (κ1) is 9.45. The Morgan fingerprint density at radius 1 is 1.33 bits per heavy atom. The smallest absolute Gasteiger partial charge is 0.357 e. The predicted octanol–water partition coefficient (Wildman–Crippen LogP) is 1.11. The minimum atomic E-state index is -1.38. The Morgan fingerprint density at radius 2 is 2.07 bits per heavy atom. The second-order valence-corrected chi connectivity index (χ2v) is 3.16. The summed E-state index contributed by atoms with van der Waals surface area (Å²) in [7, 11) is 0. The van der Waals surface area contributed by atoms with E-state index in [9.17, 15) is 9.90 Å². The van der Waals surface area contributed by atoms with E-state index >= 15 is 0 Å². The molecule has 2 N–H and O–H groups in total. The first-order valence-electron chi connectivity index (χ1n) is 4.53. The predicted molar refractivity (Wildman–Crippen MR) is 56.5 cm³/mol. The molecule has 4 heteroatoms. The van der Waals surface area contributed by atoms with Gasteiger partial charge < -0.3 is 10.4 Å². The lowest BCUT2D eigenvalue weighted by Gasteiger charge is -2.27. The number of benzene rings is 1. The second kappa shape index (κ2) is 3.57. The average Bonchev–Trinajstić information content (AvgIpc) is 2.31. The fourth-order valence-corrected chi connectivity index (χ4v) is 1.48. The van der Waals surface area contributed by atoms with Crippen molar-refractivity contribution >= 4 is 12.2 Å². The van der Waals surface area contributed by atoms with Crippen molar-refractivity contribution in [2.75, 3.05) is 0 Å². The minimum Gasteiger partial charge on any atom is -0.478 e. The number of nitrogens with one attached hydrogen (secondary N) is 1. The molecule has 0 saturated carbocycles. The quantitative estimate of drug-likeness (QED) is 0.755. The topological polar surface area (TPSA) is 61.7 Å². The van der Waals surface area contributed by atoms with E-state index in [1.807, 2.05) is 6.07 Å². The number of carboxylic acid groups (broad SMARTS) is 1. The molecule has 0 fully saturated rings. The van der Waals surface area contributed by atoms with Crippen molar-refractivity contribution in [3.8, 4) is 0 Å². The van der Waals surface area contributed by atoms with E-state index in [-0.39, 0.29) is 0 Å². The third-order valence-electron chi connectivity index (χ3n) is 2.24. The minimum absolute atomic E-state index is 0.609. The second-order valence-electron chi connectivity index (χ2n) is 3.16. The Labute approximate surface area is 87.0 Å².